The lowest BCUT2D eigenvalue weighted by Crippen LogP contribution is -2.24. The number of hydrogen-bond donors (Lipinski definition) is 1. The van der Waals surface area contributed by atoms with Crippen LogP contribution in [0, 0.1) is 5.92 Å². The molecule has 0 aromatic carbocycles. The maximum atomic E-state index is 13.3. The molecule has 0 saturated heterocycles. The third-order valence-corrected chi connectivity index (χ3v) is 8.76. The van der Waals surface area contributed by atoms with Crippen molar-refractivity contribution in [3.8, 4) is 0 Å². The average molecular weight is 472 g/mol. The number of rotatable bonds is 6. The van der Waals surface area contributed by atoms with Crippen LogP contribution in [0.2, 0.25) is 0 Å². The lowest BCUT2D eigenvalue weighted by molar-refractivity contribution is -0.113. The van der Waals surface area contributed by atoms with Crippen LogP contribution in [0.15, 0.2) is 22.2 Å². The molecule has 2 aliphatic carbocycles. The fraction of sp³-hybridized carbons (Fsp3) is 0.565. The van der Waals surface area contributed by atoms with Gasteiger partial charge in [-0.1, -0.05) is 31.5 Å². The van der Waals surface area contributed by atoms with Gasteiger partial charge in [-0.2, -0.15) is 5.10 Å². The molecule has 1 saturated carbocycles. The lowest BCUT2D eigenvalue weighted by atomic mass is 9.89. The van der Waals surface area contributed by atoms with Crippen LogP contribution in [-0.2, 0) is 24.2 Å². The Morgan fingerprint density at radius 2 is 2.12 bits per heavy atom. The van der Waals surface area contributed by atoms with Crippen LogP contribution < -0.4 is 10.9 Å². The summed E-state index contributed by atoms with van der Waals surface area (Å²) in [5.74, 6) is 1.50. The van der Waals surface area contributed by atoms with Crippen LogP contribution in [-0.4, -0.2) is 31.0 Å². The fourth-order valence-electron chi connectivity index (χ4n) is 4.96. The van der Waals surface area contributed by atoms with Crippen molar-refractivity contribution in [3.63, 3.8) is 0 Å². The van der Waals surface area contributed by atoms with Gasteiger partial charge in [0, 0.05) is 17.5 Å². The second-order valence-electron chi connectivity index (χ2n) is 8.91. The first-order valence-electron chi connectivity index (χ1n) is 11.6. The van der Waals surface area contributed by atoms with Crippen LogP contribution in [0.4, 0.5) is 5.82 Å². The number of thiophene rings is 1. The normalized spacial score (nSPS) is 18.9. The number of nitrogens with one attached hydrogen (secondary N) is 1. The Kier molecular flexibility index (Phi) is 6.11. The molecule has 1 amide bonds. The molecule has 9 heteroatoms. The summed E-state index contributed by atoms with van der Waals surface area (Å²) in [6.07, 6.45) is 9.49. The van der Waals surface area contributed by atoms with E-state index in [1.54, 1.807) is 22.1 Å². The molecule has 3 aromatic heterocycles. The molecule has 3 aromatic rings. The second kappa shape index (κ2) is 9.02. The zero-order valence-corrected chi connectivity index (χ0v) is 20.2. The number of carbonyl (C=O) groups is 1. The summed E-state index contributed by atoms with van der Waals surface area (Å²) >= 11 is 2.99. The van der Waals surface area contributed by atoms with Gasteiger partial charge >= 0.3 is 0 Å². The van der Waals surface area contributed by atoms with E-state index in [1.165, 1.54) is 35.0 Å². The summed E-state index contributed by atoms with van der Waals surface area (Å²) in [6, 6.07) is 2.22. The molecule has 7 nitrogen and oxygen atoms in total. The molecule has 2 aliphatic rings. The van der Waals surface area contributed by atoms with E-state index in [2.05, 4.69) is 17.3 Å². The lowest BCUT2D eigenvalue weighted by Gasteiger charge is -2.17. The van der Waals surface area contributed by atoms with Crippen LogP contribution >= 0.6 is 23.1 Å². The number of hydrogen-bond acceptors (Lipinski definition) is 6. The highest BCUT2D eigenvalue weighted by Crippen LogP contribution is 2.36. The number of nitrogens with zero attached hydrogens (tertiary/aromatic N) is 4. The van der Waals surface area contributed by atoms with Crippen molar-refractivity contribution in [3.05, 3.63) is 33.1 Å². The predicted molar refractivity (Wildman–Crippen MR) is 130 cm³/mol. The van der Waals surface area contributed by atoms with Crippen LogP contribution in [0.1, 0.15) is 62.4 Å². The molecule has 5 rings (SSSR count). The fourth-order valence-corrected chi connectivity index (χ4v) is 7.24. The molecule has 1 N–H and O–H groups in total. The first kappa shape index (κ1) is 21.7. The van der Waals surface area contributed by atoms with Gasteiger partial charge in [0.1, 0.15) is 10.6 Å². The summed E-state index contributed by atoms with van der Waals surface area (Å²) in [5, 5.41) is 8.84. The highest BCUT2D eigenvalue weighted by Gasteiger charge is 2.25. The number of thioether (sulfide) groups is 1. The van der Waals surface area contributed by atoms with E-state index >= 15 is 0 Å². The SMILES string of the molecule is CCn1c(SCC(=O)Nc2ccnn2C2CCCC2)nc2sc3c(c2c1=O)CCC(C)C3. The summed E-state index contributed by atoms with van der Waals surface area (Å²) < 4.78 is 3.66. The van der Waals surface area contributed by atoms with Crippen LogP contribution in [0.5, 0.6) is 0 Å². The molecule has 0 bridgehead atoms. The maximum absolute atomic E-state index is 13.3. The highest BCUT2D eigenvalue weighted by atomic mass is 32.2. The minimum Gasteiger partial charge on any atom is -0.310 e. The van der Waals surface area contributed by atoms with Crippen molar-refractivity contribution < 1.29 is 4.79 Å². The number of fused-ring (bicyclic) bond motifs is 3. The molecule has 170 valence electrons. The Balaban J connectivity index is 1.35. The van der Waals surface area contributed by atoms with Crippen molar-refractivity contribution in [1.29, 1.82) is 0 Å². The molecule has 1 unspecified atom stereocenters. The van der Waals surface area contributed by atoms with Crippen LogP contribution in [0.3, 0.4) is 0 Å². The van der Waals surface area contributed by atoms with Gasteiger partial charge in [0.25, 0.3) is 5.56 Å². The number of amides is 1. The van der Waals surface area contributed by atoms with Crippen molar-refractivity contribution in [2.24, 2.45) is 5.92 Å². The van der Waals surface area contributed by atoms with Gasteiger partial charge in [0.15, 0.2) is 5.16 Å². The van der Waals surface area contributed by atoms with Gasteiger partial charge < -0.3 is 5.32 Å². The highest BCUT2D eigenvalue weighted by molar-refractivity contribution is 7.99. The van der Waals surface area contributed by atoms with E-state index in [-0.39, 0.29) is 17.2 Å². The third-order valence-electron chi connectivity index (χ3n) is 6.64. The Labute approximate surface area is 195 Å². The molecule has 1 atom stereocenters. The molecule has 3 heterocycles. The second-order valence-corrected chi connectivity index (χ2v) is 10.9. The van der Waals surface area contributed by atoms with Crippen molar-refractivity contribution >= 4 is 45.0 Å². The van der Waals surface area contributed by atoms with Gasteiger partial charge in [-0.3, -0.25) is 14.2 Å². The first-order chi connectivity index (χ1) is 15.5. The zero-order chi connectivity index (χ0) is 22.2. The van der Waals surface area contributed by atoms with Gasteiger partial charge in [0.05, 0.1) is 23.4 Å². The molecule has 0 radical (unpaired) electrons. The minimum absolute atomic E-state index is 0.0340. The smallest absolute Gasteiger partial charge is 0.263 e. The van der Waals surface area contributed by atoms with Gasteiger partial charge in [-0.05, 0) is 50.5 Å². The standard InChI is InChI=1S/C23H29N5O2S2/c1-3-27-22(30)20-16-9-8-14(2)12-17(16)32-21(20)26-23(27)31-13-19(29)25-18-10-11-24-28(18)15-6-4-5-7-15/h10-11,14-15H,3-9,12-13H2,1-2H3,(H,25,29). The summed E-state index contributed by atoms with van der Waals surface area (Å²) in [7, 11) is 0. The molecular weight excluding hydrogens is 442 g/mol. The summed E-state index contributed by atoms with van der Waals surface area (Å²) in [6.45, 7) is 4.77. The third kappa shape index (κ3) is 4.01. The Hall–Kier alpha value is -2.13. The molecule has 0 aliphatic heterocycles. The van der Waals surface area contributed by atoms with Crippen LogP contribution in [0.25, 0.3) is 10.2 Å². The Morgan fingerprint density at radius 3 is 2.91 bits per heavy atom. The number of aromatic nitrogens is 4. The Bertz CT molecular complexity index is 1210. The number of anilines is 1. The summed E-state index contributed by atoms with van der Waals surface area (Å²) in [5.41, 5.74) is 1.24. The van der Waals surface area contributed by atoms with Crippen molar-refractivity contribution in [1.82, 2.24) is 19.3 Å². The van der Waals surface area contributed by atoms with E-state index in [0.717, 1.165) is 48.1 Å². The van der Waals surface area contributed by atoms with E-state index in [1.807, 2.05) is 17.7 Å². The molecule has 32 heavy (non-hydrogen) atoms. The van der Waals surface area contributed by atoms with E-state index in [4.69, 9.17) is 4.98 Å². The van der Waals surface area contributed by atoms with Crippen molar-refractivity contribution in [2.75, 3.05) is 11.1 Å². The van der Waals surface area contributed by atoms with Gasteiger partial charge in [0.2, 0.25) is 5.91 Å². The molecule has 1 fully saturated rings. The van der Waals surface area contributed by atoms with Gasteiger partial charge in [-0.15, -0.1) is 11.3 Å². The van der Waals surface area contributed by atoms with E-state index < -0.39 is 0 Å². The zero-order valence-electron chi connectivity index (χ0n) is 18.6. The quantitative estimate of drug-likeness (QED) is 0.418. The molecule has 0 spiro atoms. The van der Waals surface area contributed by atoms with Crippen molar-refractivity contribution in [2.45, 2.75) is 76.5 Å². The number of aryl methyl sites for hydroxylation is 1. The van der Waals surface area contributed by atoms with E-state index in [9.17, 15) is 9.59 Å². The topological polar surface area (TPSA) is 81.8 Å². The monoisotopic (exact) mass is 471 g/mol. The van der Waals surface area contributed by atoms with E-state index in [0.29, 0.717) is 23.7 Å². The first-order valence-corrected chi connectivity index (χ1v) is 13.4. The Morgan fingerprint density at radius 1 is 1.31 bits per heavy atom. The number of carbonyl (C=O) groups excluding carboxylic acids is 1. The molecular formula is C23H29N5O2S2. The summed E-state index contributed by atoms with van der Waals surface area (Å²) in [4.78, 5) is 33.0. The average Bonchev–Trinajstić information content (AvgIpc) is 3.51. The maximum Gasteiger partial charge on any atom is 0.263 e. The largest absolute Gasteiger partial charge is 0.310 e. The van der Waals surface area contributed by atoms with Gasteiger partial charge in [-0.25, -0.2) is 9.67 Å². The predicted octanol–water partition coefficient (Wildman–Crippen LogP) is 4.65. The minimum atomic E-state index is -0.106.